The third-order valence-corrected chi connectivity index (χ3v) is 8.38. The molecule has 0 radical (unpaired) electrons. The number of likely N-dealkylation sites (tertiary alicyclic amines) is 1. The Morgan fingerprint density at radius 1 is 1.02 bits per heavy atom. The van der Waals surface area contributed by atoms with Crippen molar-refractivity contribution in [3.05, 3.63) is 11.9 Å². The molecule has 40 heavy (non-hydrogen) atoms. The highest BCUT2D eigenvalue weighted by Gasteiger charge is 2.35. The van der Waals surface area contributed by atoms with Crippen molar-refractivity contribution in [3.8, 4) is 0 Å². The number of sulfonamides is 1. The molecule has 0 aromatic carbocycles. The topological polar surface area (TPSA) is 140 Å². The molecule has 1 aliphatic heterocycles. The highest BCUT2D eigenvalue weighted by atomic mass is 32.2. The van der Waals surface area contributed by atoms with Gasteiger partial charge in [0.1, 0.15) is 17.7 Å². The summed E-state index contributed by atoms with van der Waals surface area (Å²) in [4.78, 5) is 42.6. The first-order valence-corrected chi connectivity index (χ1v) is 15.8. The van der Waals surface area contributed by atoms with Crippen molar-refractivity contribution in [3.63, 3.8) is 0 Å². The van der Waals surface area contributed by atoms with Gasteiger partial charge in [-0.25, -0.2) is 18.2 Å². The minimum atomic E-state index is -3.62. The number of aromatic nitrogens is 2. The second kappa shape index (κ2) is 12.5. The third-order valence-electron chi connectivity index (χ3n) is 7.10. The van der Waals surface area contributed by atoms with E-state index in [-0.39, 0.29) is 30.6 Å². The molecule has 1 aliphatic carbocycles. The number of anilines is 1. The second-order valence-corrected chi connectivity index (χ2v) is 14.7. The van der Waals surface area contributed by atoms with Gasteiger partial charge in [0, 0.05) is 37.3 Å². The summed E-state index contributed by atoms with van der Waals surface area (Å²) in [5.74, 6) is -0.0129. The number of rotatable bonds is 8. The van der Waals surface area contributed by atoms with E-state index in [0.717, 1.165) is 11.9 Å². The first-order valence-electron chi connectivity index (χ1n) is 13.9. The lowest BCUT2D eigenvalue weighted by Crippen LogP contribution is -2.45. The van der Waals surface area contributed by atoms with Crippen molar-refractivity contribution in [1.29, 1.82) is 0 Å². The molecule has 1 saturated heterocycles. The number of hydrogen-bond acceptors (Lipinski definition) is 8. The van der Waals surface area contributed by atoms with Crippen LogP contribution in [-0.2, 0) is 29.1 Å². The molecule has 13 heteroatoms. The predicted molar refractivity (Wildman–Crippen MR) is 150 cm³/mol. The zero-order chi connectivity index (χ0) is 29.9. The highest BCUT2D eigenvalue weighted by Crippen LogP contribution is 2.37. The van der Waals surface area contributed by atoms with Gasteiger partial charge in [0.05, 0.1) is 11.9 Å². The molecule has 3 rings (SSSR count). The minimum Gasteiger partial charge on any atom is -0.459 e. The predicted octanol–water partition coefficient (Wildman–Crippen LogP) is 3.65. The van der Waals surface area contributed by atoms with Crippen LogP contribution < -0.4 is 5.32 Å². The van der Waals surface area contributed by atoms with Gasteiger partial charge >= 0.3 is 12.1 Å². The Morgan fingerprint density at radius 2 is 1.60 bits per heavy atom. The number of amides is 2. The Morgan fingerprint density at radius 3 is 2.10 bits per heavy atom. The standard InChI is InChI=1S/C27H45N5O7S/c1-26(2,3)38-23(34)17-32(40(7,36)37)21-10-8-19(9-11-21)22-16-31(24(29-22)28-18-33)20-12-14-30(15-13-20)25(35)39-27(4,5)6/h16,18-21H,8-15,17H2,1-7H3,(H,28,29,33). The van der Waals surface area contributed by atoms with E-state index in [1.807, 2.05) is 31.5 Å². The zero-order valence-electron chi connectivity index (χ0n) is 24.8. The maximum absolute atomic E-state index is 12.5. The maximum Gasteiger partial charge on any atom is 0.410 e. The molecule has 226 valence electrons. The number of esters is 1. The normalized spacial score (nSPS) is 21.2. The van der Waals surface area contributed by atoms with Crippen LogP contribution in [0, 0.1) is 0 Å². The van der Waals surface area contributed by atoms with E-state index in [1.165, 1.54) is 4.31 Å². The summed E-state index contributed by atoms with van der Waals surface area (Å²) in [6, 6.07) is -0.237. The Balaban J connectivity index is 1.66. The number of ether oxygens (including phenoxy) is 2. The Hall–Kier alpha value is -2.67. The van der Waals surface area contributed by atoms with Gasteiger partial charge in [-0.15, -0.1) is 0 Å². The average molecular weight is 584 g/mol. The van der Waals surface area contributed by atoms with E-state index >= 15 is 0 Å². The van der Waals surface area contributed by atoms with Gasteiger partial charge in [0.15, 0.2) is 0 Å². The van der Waals surface area contributed by atoms with Crippen LogP contribution in [-0.4, -0.2) is 88.8 Å². The summed E-state index contributed by atoms with van der Waals surface area (Å²) in [6.45, 7) is 11.5. The average Bonchev–Trinajstić information content (AvgIpc) is 3.24. The Kier molecular flexibility index (Phi) is 9.92. The Bertz CT molecular complexity index is 1150. The van der Waals surface area contributed by atoms with E-state index in [9.17, 15) is 22.8 Å². The molecule has 1 aromatic rings. The van der Waals surface area contributed by atoms with E-state index in [2.05, 4.69) is 5.32 Å². The number of nitrogens with one attached hydrogen (secondary N) is 1. The van der Waals surface area contributed by atoms with Gasteiger partial charge in [-0.05, 0) is 80.1 Å². The summed E-state index contributed by atoms with van der Waals surface area (Å²) in [7, 11) is -3.62. The van der Waals surface area contributed by atoms with Crippen molar-refractivity contribution in [2.75, 3.05) is 31.2 Å². The van der Waals surface area contributed by atoms with E-state index in [1.54, 1.807) is 25.7 Å². The summed E-state index contributed by atoms with van der Waals surface area (Å²) >= 11 is 0. The molecular formula is C27H45N5O7S. The van der Waals surface area contributed by atoms with Crippen LogP contribution in [0.2, 0.25) is 0 Å². The number of imidazole rings is 1. The first kappa shape index (κ1) is 31.9. The van der Waals surface area contributed by atoms with Gasteiger partial charge in [0.25, 0.3) is 0 Å². The number of carbonyl (C=O) groups is 3. The van der Waals surface area contributed by atoms with Gasteiger partial charge in [-0.3, -0.25) is 14.9 Å². The monoisotopic (exact) mass is 583 g/mol. The van der Waals surface area contributed by atoms with Crippen LogP contribution in [0.4, 0.5) is 10.7 Å². The van der Waals surface area contributed by atoms with Crippen LogP contribution in [0.25, 0.3) is 0 Å². The molecule has 1 saturated carbocycles. The van der Waals surface area contributed by atoms with E-state index in [4.69, 9.17) is 14.5 Å². The second-order valence-electron chi connectivity index (χ2n) is 12.8. The maximum atomic E-state index is 12.5. The molecule has 2 heterocycles. The summed E-state index contributed by atoms with van der Waals surface area (Å²) in [5.41, 5.74) is -0.409. The number of piperidine rings is 1. The van der Waals surface area contributed by atoms with E-state index in [0.29, 0.717) is 64.0 Å². The van der Waals surface area contributed by atoms with Gasteiger partial charge in [-0.2, -0.15) is 4.31 Å². The molecule has 0 atom stereocenters. The van der Waals surface area contributed by atoms with E-state index < -0.39 is 27.2 Å². The molecule has 0 bridgehead atoms. The molecule has 0 spiro atoms. The van der Waals surface area contributed by atoms with Crippen molar-refractivity contribution in [1.82, 2.24) is 18.8 Å². The molecule has 1 aromatic heterocycles. The SMILES string of the molecule is CC(C)(C)OC(=O)CN(C1CCC(c2cn(C3CCN(C(=O)OC(C)(C)C)CC3)c(NC=O)n2)CC1)S(C)(=O)=O. The fourth-order valence-corrected chi connectivity index (χ4v) is 6.47. The highest BCUT2D eigenvalue weighted by molar-refractivity contribution is 7.88. The lowest BCUT2D eigenvalue weighted by molar-refractivity contribution is -0.155. The number of nitrogens with zero attached hydrogens (tertiary/aromatic N) is 4. The molecule has 0 unspecified atom stereocenters. The summed E-state index contributed by atoms with van der Waals surface area (Å²) in [5, 5.41) is 2.71. The molecule has 2 amide bonds. The van der Waals surface area contributed by atoms with Gasteiger partial charge in [0.2, 0.25) is 22.4 Å². The quantitative estimate of drug-likeness (QED) is 0.361. The zero-order valence-corrected chi connectivity index (χ0v) is 25.6. The van der Waals surface area contributed by atoms with Crippen LogP contribution in [0.1, 0.15) is 97.7 Å². The van der Waals surface area contributed by atoms with Crippen molar-refractivity contribution < 1.29 is 32.3 Å². The summed E-state index contributed by atoms with van der Waals surface area (Å²) in [6.07, 6.45) is 7.32. The van der Waals surface area contributed by atoms with Crippen LogP contribution in [0.3, 0.4) is 0 Å². The van der Waals surface area contributed by atoms with Crippen molar-refractivity contribution in [2.45, 2.75) is 109 Å². The molecule has 12 nitrogen and oxygen atoms in total. The van der Waals surface area contributed by atoms with Crippen LogP contribution >= 0.6 is 0 Å². The molecule has 1 N–H and O–H groups in total. The van der Waals surface area contributed by atoms with Gasteiger partial charge < -0.3 is 18.9 Å². The lowest BCUT2D eigenvalue weighted by Gasteiger charge is -2.35. The fraction of sp³-hybridized carbons (Fsp3) is 0.778. The Labute approximate surface area is 237 Å². The molecule has 2 fully saturated rings. The van der Waals surface area contributed by atoms with Crippen molar-refractivity contribution >= 4 is 34.4 Å². The minimum absolute atomic E-state index is 0.0632. The largest absolute Gasteiger partial charge is 0.459 e. The van der Waals surface area contributed by atoms with Crippen LogP contribution in [0.5, 0.6) is 0 Å². The fourth-order valence-electron chi connectivity index (χ4n) is 5.38. The lowest BCUT2D eigenvalue weighted by atomic mass is 9.84. The van der Waals surface area contributed by atoms with Crippen LogP contribution in [0.15, 0.2) is 6.20 Å². The van der Waals surface area contributed by atoms with Gasteiger partial charge in [-0.1, -0.05) is 0 Å². The number of carbonyl (C=O) groups excluding carboxylic acids is 3. The first-order chi connectivity index (χ1) is 18.5. The number of hydrogen-bond donors (Lipinski definition) is 1. The molecule has 2 aliphatic rings. The molecular weight excluding hydrogens is 538 g/mol. The van der Waals surface area contributed by atoms with Crippen molar-refractivity contribution in [2.24, 2.45) is 0 Å². The third kappa shape index (κ3) is 8.92. The smallest absolute Gasteiger partial charge is 0.410 e. The summed E-state index contributed by atoms with van der Waals surface area (Å²) < 4.78 is 39.2.